The Labute approximate surface area is 106 Å². The molecule has 0 unspecified atom stereocenters. The van der Waals surface area contributed by atoms with Crippen molar-refractivity contribution in [3.05, 3.63) is 0 Å². The maximum atomic E-state index is 11.5. The van der Waals surface area contributed by atoms with Crippen molar-refractivity contribution in [2.45, 2.75) is 40.0 Å². The van der Waals surface area contributed by atoms with E-state index in [0.29, 0.717) is 31.4 Å². The summed E-state index contributed by atoms with van der Waals surface area (Å²) in [6.07, 6.45) is 1.72. The lowest BCUT2D eigenvalue weighted by molar-refractivity contribution is -0.127. The van der Waals surface area contributed by atoms with Crippen LogP contribution in [0.15, 0.2) is 0 Å². The Kier molecular flexibility index (Phi) is 7.85. The molecule has 0 heterocycles. The van der Waals surface area contributed by atoms with Gasteiger partial charge in [0.15, 0.2) is 0 Å². The average Bonchev–Trinajstić information content (AvgIpc) is 2.20. The van der Waals surface area contributed by atoms with Crippen LogP contribution in [0.5, 0.6) is 0 Å². The van der Waals surface area contributed by atoms with E-state index in [-0.39, 0.29) is 17.0 Å². The second-order valence-corrected chi connectivity index (χ2v) is 5.37. The van der Waals surface area contributed by atoms with Gasteiger partial charge in [-0.05, 0) is 6.42 Å². The van der Waals surface area contributed by atoms with Gasteiger partial charge in [0.25, 0.3) is 0 Å². The maximum absolute atomic E-state index is 11.5. The first-order valence-electron chi connectivity index (χ1n) is 5.56. The maximum Gasteiger partial charge on any atom is 0.143 e. The van der Waals surface area contributed by atoms with Gasteiger partial charge in [-0.1, -0.05) is 36.7 Å². The summed E-state index contributed by atoms with van der Waals surface area (Å²) in [5.74, 6) is 0.401. The van der Waals surface area contributed by atoms with E-state index < -0.39 is 0 Å². The molecule has 16 heavy (non-hydrogen) atoms. The summed E-state index contributed by atoms with van der Waals surface area (Å²) in [6, 6.07) is 0. The van der Waals surface area contributed by atoms with E-state index in [0.717, 1.165) is 6.42 Å². The van der Waals surface area contributed by atoms with Crippen LogP contribution in [0.1, 0.15) is 40.0 Å². The van der Waals surface area contributed by atoms with Crippen LogP contribution in [-0.2, 0) is 14.3 Å². The van der Waals surface area contributed by atoms with Crippen molar-refractivity contribution in [3.63, 3.8) is 0 Å². The molecule has 0 saturated carbocycles. The zero-order valence-corrected chi connectivity index (χ0v) is 11.9. The van der Waals surface area contributed by atoms with E-state index in [2.05, 4.69) is 15.9 Å². The fourth-order valence-electron chi connectivity index (χ4n) is 1.08. The third-order valence-corrected chi connectivity index (χ3v) is 2.83. The molecule has 0 aromatic rings. The van der Waals surface area contributed by atoms with Gasteiger partial charge in [-0.15, -0.1) is 0 Å². The van der Waals surface area contributed by atoms with Crippen molar-refractivity contribution in [1.29, 1.82) is 0 Å². The number of hydrogen-bond acceptors (Lipinski definition) is 3. The van der Waals surface area contributed by atoms with Crippen molar-refractivity contribution in [1.82, 2.24) is 0 Å². The van der Waals surface area contributed by atoms with Crippen LogP contribution in [0.2, 0.25) is 0 Å². The number of ketones is 2. The van der Waals surface area contributed by atoms with Crippen LogP contribution in [0.3, 0.4) is 0 Å². The molecule has 4 heteroatoms. The second-order valence-electron chi connectivity index (χ2n) is 4.81. The van der Waals surface area contributed by atoms with Crippen molar-refractivity contribution >= 4 is 27.5 Å². The summed E-state index contributed by atoms with van der Waals surface area (Å²) in [5, 5.41) is 0.412. The average molecular weight is 293 g/mol. The van der Waals surface area contributed by atoms with Gasteiger partial charge in [0.05, 0.1) is 11.9 Å². The number of Topliss-reactive ketones (excluding diaryl/α,β-unsaturated/α-hetero) is 2. The highest BCUT2D eigenvalue weighted by Gasteiger charge is 2.20. The quantitative estimate of drug-likeness (QED) is 0.510. The summed E-state index contributed by atoms with van der Waals surface area (Å²) in [4.78, 5) is 22.4. The van der Waals surface area contributed by atoms with E-state index in [1.165, 1.54) is 0 Å². The van der Waals surface area contributed by atoms with Crippen LogP contribution in [0, 0.1) is 5.41 Å². The molecule has 0 saturated heterocycles. The van der Waals surface area contributed by atoms with Crippen LogP contribution < -0.4 is 0 Å². The molecule has 0 N–H and O–H groups in total. The highest BCUT2D eigenvalue weighted by molar-refractivity contribution is 9.09. The molecule has 94 valence electrons. The predicted molar refractivity (Wildman–Crippen MR) is 67.9 cm³/mol. The number of alkyl halides is 1. The number of halogens is 1. The number of rotatable bonds is 8. The lowest BCUT2D eigenvalue weighted by Gasteiger charge is -2.16. The van der Waals surface area contributed by atoms with Gasteiger partial charge in [0.1, 0.15) is 11.6 Å². The molecule has 0 rings (SSSR count). The fraction of sp³-hybridized carbons (Fsp3) is 0.833. The first-order valence-corrected chi connectivity index (χ1v) is 6.68. The molecule has 3 nitrogen and oxygen atoms in total. The Morgan fingerprint density at radius 3 is 2.25 bits per heavy atom. The van der Waals surface area contributed by atoms with Gasteiger partial charge in [-0.3, -0.25) is 9.59 Å². The lowest BCUT2D eigenvalue weighted by atomic mass is 9.89. The largest absolute Gasteiger partial charge is 0.381 e. The Hall–Kier alpha value is -0.220. The fourth-order valence-corrected chi connectivity index (χ4v) is 1.36. The van der Waals surface area contributed by atoms with E-state index in [1.54, 1.807) is 0 Å². The summed E-state index contributed by atoms with van der Waals surface area (Å²) in [6.45, 7) is 6.73. The molecule has 0 atom stereocenters. The third-order valence-electron chi connectivity index (χ3n) is 2.20. The molecule has 0 fully saturated rings. The first-order chi connectivity index (χ1) is 7.38. The summed E-state index contributed by atoms with van der Waals surface area (Å²) < 4.78 is 5.31. The van der Waals surface area contributed by atoms with Gasteiger partial charge < -0.3 is 4.74 Å². The monoisotopic (exact) mass is 292 g/mol. The van der Waals surface area contributed by atoms with Gasteiger partial charge in [0.2, 0.25) is 0 Å². The van der Waals surface area contributed by atoms with Gasteiger partial charge in [-0.25, -0.2) is 0 Å². The minimum absolute atomic E-state index is 0.189. The van der Waals surface area contributed by atoms with Crippen LogP contribution in [0.4, 0.5) is 0 Å². The standard InChI is InChI=1S/C12H21BrO3/c1-12(2,3)11(15)6-8-16-7-4-5-10(14)9-13/h4-9H2,1-3H3. The van der Waals surface area contributed by atoms with Crippen LogP contribution in [-0.4, -0.2) is 30.1 Å². The molecule has 0 aliphatic rings. The number of carbonyl (C=O) groups excluding carboxylic acids is 2. The van der Waals surface area contributed by atoms with E-state index >= 15 is 0 Å². The molecule has 0 amide bonds. The van der Waals surface area contributed by atoms with Crippen molar-refractivity contribution < 1.29 is 14.3 Å². The molecule has 0 aromatic heterocycles. The Morgan fingerprint density at radius 1 is 1.12 bits per heavy atom. The normalized spacial score (nSPS) is 11.5. The SMILES string of the molecule is CC(C)(C)C(=O)CCOCCCC(=O)CBr. The summed E-state index contributed by atoms with van der Waals surface area (Å²) in [7, 11) is 0. The van der Waals surface area contributed by atoms with Crippen molar-refractivity contribution in [2.75, 3.05) is 18.5 Å². The van der Waals surface area contributed by atoms with Gasteiger partial charge in [-0.2, -0.15) is 0 Å². The Bertz CT molecular complexity index is 231. The molecule has 0 aliphatic heterocycles. The topological polar surface area (TPSA) is 43.4 Å². The van der Waals surface area contributed by atoms with E-state index in [4.69, 9.17) is 4.74 Å². The van der Waals surface area contributed by atoms with Crippen LogP contribution >= 0.6 is 15.9 Å². The predicted octanol–water partition coefficient (Wildman–Crippen LogP) is 2.75. The minimum atomic E-state index is -0.282. The number of ether oxygens (including phenoxy) is 1. The van der Waals surface area contributed by atoms with E-state index in [9.17, 15) is 9.59 Å². The Morgan fingerprint density at radius 2 is 1.75 bits per heavy atom. The molecule has 0 aromatic carbocycles. The third kappa shape index (κ3) is 7.99. The molecule has 0 bridgehead atoms. The molecular weight excluding hydrogens is 272 g/mol. The zero-order chi connectivity index (χ0) is 12.6. The highest BCUT2D eigenvalue weighted by atomic mass is 79.9. The van der Waals surface area contributed by atoms with E-state index in [1.807, 2.05) is 20.8 Å². The van der Waals surface area contributed by atoms with Gasteiger partial charge >= 0.3 is 0 Å². The summed E-state index contributed by atoms with van der Waals surface area (Å²) >= 11 is 3.10. The Balaban J connectivity index is 3.41. The zero-order valence-electron chi connectivity index (χ0n) is 10.3. The minimum Gasteiger partial charge on any atom is -0.381 e. The molecule has 0 spiro atoms. The van der Waals surface area contributed by atoms with Crippen molar-refractivity contribution in [2.24, 2.45) is 5.41 Å². The van der Waals surface area contributed by atoms with Crippen LogP contribution in [0.25, 0.3) is 0 Å². The highest BCUT2D eigenvalue weighted by Crippen LogP contribution is 2.16. The lowest BCUT2D eigenvalue weighted by Crippen LogP contribution is -2.21. The molecule has 0 radical (unpaired) electrons. The first kappa shape index (κ1) is 15.8. The number of carbonyl (C=O) groups is 2. The molecular formula is C12H21BrO3. The molecule has 0 aliphatic carbocycles. The van der Waals surface area contributed by atoms with Crippen molar-refractivity contribution in [3.8, 4) is 0 Å². The second kappa shape index (κ2) is 7.96. The van der Waals surface area contributed by atoms with Gasteiger partial charge in [0, 0.05) is 24.9 Å². The summed E-state index contributed by atoms with van der Waals surface area (Å²) in [5.41, 5.74) is -0.282. The number of hydrogen-bond donors (Lipinski definition) is 0. The smallest absolute Gasteiger partial charge is 0.143 e.